The molecule has 1 aliphatic rings. The third kappa shape index (κ3) is 5.90. The Hall–Kier alpha value is -2.20. The standard InChI is InChI=1S/C15H20N2O3S.C2HF3O/c1-15(2,3)17-14(18)10-13(21(17,19)20)12-6-4-11(5-7-12)8-9-16;3-2(4,5)1-6/h4-7,10H,8-9,16H2,1-3H3;1H. The predicted octanol–water partition coefficient (Wildman–Crippen LogP) is 2.25. The summed E-state index contributed by atoms with van der Waals surface area (Å²) in [6, 6.07) is 7.10. The molecule has 1 amide bonds. The maximum Gasteiger partial charge on any atom is 0.446 e. The molecule has 27 heavy (non-hydrogen) atoms. The number of hydrogen-bond donors (Lipinski definition) is 1. The average molecular weight is 406 g/mol. The van der Waals surface area contributed by atoms with Crippen molar-refractivity contribution < 1.29 is 31.2 Å². The molecule has 1 heterocycles. The van der Waals surface area contributed by atoms with Gasteiger partial charge in [-0.1, -0.05) is 24.3 Å². The molecule has 0 bridgehead atoms. The van der Waals surface area contributed by atoms with Crippen molar-refractivity contribution in [1.82, 2.24) is 4.31 Å². The summed E-state index contributed by atoms with van der Waals surface area (Å²) in [7, 11) is -3.79. The molecular weight excluding hydrogens is 385 g/mol. The lowest BCUT2D eigenvalue weighted by Crippen LogP contribution is -2.45. The fraction of sp³-hybridized carbons (Fsp3) is 0.412. The summed E-state index contributed by atoms with van der Waals surface area (Å²) in [6.45, 7) is 5.63. The topological polar surface area (TPSA) is 97.5 Å². The lowest BCUT2D eigenvalue weighted by molar-refractivity contribution is -0.156. The summed E-state index contributed by atoms with van der Waals surface area (Å²) < 4.78 is 57.3. The zero-order valence-corrected chi connectivity index (χ0v) is 15.9. The number of hydrogen-bond acceptors (Lipinski definition) is 5. The Morgan fingerprint density at radius 2 is 1.59 bits per heavy atom. The number of nitrogens with zero attached hydrogens (tertiary/aromatic N) is 1. The number of rotatable bonds is 3. The summed E-state index contributed by atoms with van der Waals surface area (Å²) in [5, 5.41) is 0. The second kappa shape index (κ2) is 8.22. The van der Waals surface area contributed by atoms with Crippen LogP contribution in [0.1, 0.15) is 31.9 Å². The van der Waals surface area contributed by atoms with Crippen LogP contribution in [0.2, 0.25) is 0 Å². The highest BCUT2D eigenvalue weighted by Crippen LogP contribution is 2.35. The molecule has 2 rings (SSSR count). The fourth-order valence-corrected chi connectivity index (χ4v) is 4.28. The summed E-state index contributed by atoms with van der Waals surface area (Å²) in [4.78, 5) is 20.8. The van der Waals surface area contributed by atoms with Gasteiger partial charge in [0.1, 0.15) is 4.91 Å². The van der Waals surface area contributed by atoms with Gasteiger partial charge in [-0.3, -0.25) is 9.59 Å². The minimum Gasteiger partial charge on any atom is -0.330 e. The Morgan fingerprint density at radius 1 is 1.11 bits per heavy atom. The van der Waals surface area contributed by atoms with E-state index in [0.29, 0.717) is 12.1 Å². The van der Waals surface area contributed by atoms with E-state index in [1.807, 2.05) is 12.1 Å². The Balaban J connectivity index is 0.000000527. The van der Waals surface area contributed by atoms with Crippen molar-refractivity contribution in [3.8, 4) is 0 Å². The summed E-state index contributed by atoms with van der Waals surface area (Å²) >= 11 is 0. The minimum absolute atomic E-state index is 0.0572. The monoisotopic (exact) mass is 406 g/mol. The first kappa shape index (κ1) is 22.8. The van der Waals surface area contributed by atoms with Crippen molar-refractivity contribution in [2.45, 2.75) is 38.9 Å². The molecule has 0 aliphatic carbocycles. The van der Waals surface area contributed by atoms with Gasteiger partial charge in [-0.25, -0.2) is 12.7 Å². The summed E-state index contributed by atoms with van der Waals surface area (Å²) in [5.74, 6) is -0.497. The van der Waals surface area contributed by atoms with E-state index in [4.69, 9.17) is 10.5 Å². The first-order valence-corrected chi connectivity index (χ1v) is 9.31. The third-order valence-corrected chi connectivity index (χ3v) is 5.51. The largest absolute Gasteiger partial charge is 0.446 e. The summed E-state index contributed by atoms with van der Waals surface area (Å²) in [6.07, 6.45) is -3.77. The number of sulfonamides is 1. The van der Waals surface area contributed by atoms with Gasteiger partial charge in [-0.2, -0.15) is 13.2 Å². The quantitative estimate of drug-likeness (QED) is 0.777. The second-order valence-corrected chi connectivity index (χ2v) is 8.44. The van der Waals surface area contributed by atoms with Gasteiger partial charge in [0.05, 0.1) is 5.54 Å². The lowest BCUT2D eigenvalue weighted by atomic mass is 10.1. The van der Waals surface area contributed by atoms with Gasteiger partial charge in [-0.05, 0) is 44.9 Å². The second-order valence-electron chi connectivity index (χ2n) is 6.68. The molecule has 1 aromatic carbocycles. The molecule has 0 radical (unpaired) electrons. The molecule has 0 atom stereocenters. The number of aldehydes is 1. The van der Waals surface area contributed by atoms with Gasteiger partial charge >= 0.3 is 6.18 Å². The van der Waals surface area contributed by atoms with Crippen molar-refractivity contribution in [1.29, 1.82) is 0 Å². The molecule has 1 aromatic rings. The average Bonchev–Trinajstić information content (AvgIpc) is 2.77. The van der Waals surface area contributed by atoms with E-state index in [9.17, 15) is 26.4 Å². The van der Waals surface area contributed by atoms with E-state index in [-0.39, 0.29) is 4.91 Å². The highest BCUT2D eigenvalue weighted by molar-refractivity contribution is 7.99. The highest BCUT2D eigenvalue weighted by atomic mass is 32.2. The van der Waals surface area contributed by atoms with Crippen LogP contribution in [-0.4, -0.2) is 43.2 Å². The van der Waals surface area contributed by atoms with Crippen LogP contribution in [0.25, 0.3) is 4.91 Å². The van der Waals surface area contributed by atoms with Gasteiger partial charge in [0.2, 0.25) is 6.29 Å². The Kier molecular flexibility index (Phi) is 6.95. The molecule has 0 saturated carbocycles. The lowest BCUT2D eigenvalue weighted by Gasteiger charge is -2.30. The van der Waals surface area contributed by atoms with Gasteiger partial charge in [0.15, 0.2) is 0 Å². The van der Waals surface area contributed by atoms with Crippen molar-refractivity contribution >= 4 is 27.1 Å². The molecule has 0 fully saturated rings. The number of amides is 1. The number of halogens is 3. The third-order valence-electron chi connectivity index (χ3n) is 3.39. The SMILES string of the molecule is CC(C)(C)N1C(=O)C=C(c2ccc(CCN)cc2)S1(=O)=O.O=CC(F)(F)F. The van der Waals surface area contributed by atoms with Gasteiger partial charge in [-0.15, -0.1) is 0 Å². The summed E-state index contributed by atoms with van der Waals surface area (Å²) in [5.41, 5.74) is 6.27. The van der Waals surface area contributed by atoms with Crippen LogP contribution in [0.15, 0.2) is 30.3 Å². The van der Waals surface area contributed by atoms with E-state index >= 15 is 0 Å². The van der Waals surface area contributed by atoms with Crippen LogP contribution in [0.3, 0.4) is 0 Å². The minimum atomic E-state index is -4.64. The molecule has 0 aromatic heterocycles. The molecule has 2 N–H and O–H groups in total. The molecule has 6 nitrogen and oxygen atoms in total. The highest BCUT2D eigenvalue weighted by Gasteiger charge is 2.44. The molecule has 10 heteroatoms. The van der Waals surface area contributed by atoms with Crippen molar-refractivity contribution in [2.24, 2.45) is 5.73 Å². The molecular formula is C17H21F3N2O4S. The van der Waals surface area contributed by atoms with Crippen LogP contribution in [0.5, 0.6) is 0 Å². The van der Waals surface area contributed by atoms with E-state index < -0.39 is 33.9 Å². The Morgan fingerprint density at radius 3 is 1.93 bits per heavy atom. The van der Waals surface area contributed by atoms with E-state index in [1.54, 1.807) is 32.9 Å². The zero-order valence-electron chi connectivity index (χ0n) is 15.1. The molecule has 0 saturated heterocycles. The number of carbonyl (C=O) groups is 2. The molecule has 150 valence electrons. The normalized spacial score (nSPS) is 16.5. The maximum atomic E-state index is 12.6. The van der Waals surface area contributed by atoms with Crippen LogP contribution in [0.4, 0.5) is 13.2 Å². The van der Waals surface area contributed by atoms with Gasteiger partial charge in [0.25, 0.3) is 15.9 Å². The Labute approximate surface area is 155 Å². The molecule has 0 spiro atoms. The van der Waals surface area contributed by atoms with Gasteiger partial charge in [0, 0.05) is 6.08 Å². The maximum absolute atomic E-state index is 12.6. The fourth-order valence-electron chi connectivity index (χ4n) is 2.39. The van der Waals surface area contributed by atoms with Gasteiger partial charge < -0.3 is 5.73 Å². The first-order valence-electron chi connectivity index (χ1n) is 7.87. The smallest absolute Gasteiger partial charge is 0.330 e. The van der Waals surface area contributed by atoms with Crippen LogP contribution in [-0.2, 0) is 26.0 Å². The number of benzene rings is 1. The predicted molar refractivity (Wildman–Crippen MR) is 94.8 cm³/mol. The van der Waals surface area contributed by atoms with Crippen molar-refractivity contribution in [2.75, 3.05) is 6.54 Å². The van der Waals surface area contributed by atoms with Crippen LogP contribution >= 0.6 is 0 Å². The molecule has 1 aliphatic heterocycles. The van der Waals surface area contributed by atoms with Crippen LogP contribution < -0.4 is 5.73 Å². The van der Waals surface area contributed by atoms with Crippen molar-refractivity contribution in [3.63, 3.8) is 0 Å². The van der Waals surface area contributed by atoms with Crippen LogP contribution in [0, 0.1) is 0 Å². The Bertz CT molecular complexity index is 823. The van der Waals surface area contributed by atoms with Crippen molar-refractivity contribution in [3.05, 3.63) is 41.5 Å². The number of alkyl halides is 3. The molecule has 0 unspecified atom stereocenters. The zero-order chi connectivity index (χ0) is 21.0. The van der Waals surface area contributed by atoms with E-state index in [0.717, 1.165) is 16.3 Å². The van der Waals surface area contributed by atoms with E-state index in [1.165, 1.54) is 6.08 Å². The number of nitrogens with two attached hydrogens (primary N) is 1. The first-order chi connectivity index (χ1) is 12.2. The van der Waals surface area contributed by atoms with E-state index in [2.05, 4.69) is 0 Å². The number of carbonyl (C=O) groups excluding carboxylic acids is 2.